The summed E-state index contributed by atoms with van der Waals surface area (Å²) in [5, 5.41) is 17.6. The van der Waals surface area contributed by atoms with Crippen LogP contribution in [0.5, 0.6) is 0 Å². The molecule has 0 heterocycles. The summed E-state index contributed by atoms with van der Waals surface area (Å²) in [5.41, 5.74) is 0.376. The van der Waals surface area contributed by atoms with Crippen molar-refractivity contribution >= 4 is 5.97 Å². The summed E-state index contributed by atoms with van der Waals surface area (Å²) < 4.78 is 13.9. The zero-order valence-corrected chi connectivity index (χ0v) is 9.77. The molecule has 0 radical (unpaired) electrons. The van der Waals surface area contributed by atoms with Crippen molar-refractivity contribution in [3.63, 3.8) is 0 Å². The van der Waals surface area contributed by atoms with Crippen LogP contribution in [0.25, 0.3) is 0 Å². The highest BCUT2D eigenvalue weighted by atomic mass is 19.1. The molecule has 0 amide bonds. The van der Waals surface area contributed by atoms with Crippen molar-refractivity contribution < 1.29 is 14.3 Å². The molecule has 0 saturated heterocycles. The number of carbonyl (C=O) groups is 1. The molecule has 18 heavy (non-hydrogen) atoms. The summed E-state index contributed by atoms with van der Waals surface area (Å²) in [4.78, 5) is 12.5. The molecule has 0 aromatic heterocycles. The Balaban J connectivity index is 2.16. The molecule has 2 rings (SSSR count). The van der Waals surface area contributed by atoms with Crippen LogP contribution in [-0.2, 0) is 11.3 Å². The molecule has 1 saturated carbocycles. The van der Waals surface area contributed by atoms with E-state index in [0.29, 0.717) is 5.56 Å². The lowest BCUT2D eigenvalue weighted by atomic mass is 10.1. The lowest BCUT2D eigenvalue weighted by Gasteiger charge is -2.20. The summed E-state index contributed by atoms with van der Waals surface area (Å²) in [7, 11) is 0. The van der Waals surface area contributed by atoms with Crippen LogP contribution in [0.3, 0.4) is 0 Å². The number of hydrogen-bond donors (Lipinski definition) is 1. The van der Waals surface area contributed by atoms with Crippen molar-refractivity contribution in [2.75, 3.05) is 6.54 Å². The monoisotopic (exact) mass is 248 g/mol. The average molecular weight is 248 g/mol. The fourth-order valence-electron chi connectivity index (χ4n) is 1.93. The van der Waals surface area contributed by atoms with Gasteiger partial charge in [-0.25, -0.2) is 4.39 Å². The van der Waals surface area contributed by atoms with E-state index in [1.807, 2.05) is 0 Å². The maximum Gasteiger partial charge on any atom is 0.317 e. The minimum atomic E-state index is -0.918. The number of rotatable bonds is 5. The average Bonchev–Trinajstić information content (AvgIpc) is 3.14. The number of hydrogen-bond acceptors (Lipinski definition) is 3. The van der Waals surface area contributed by atoms with E-state index < -0.39 is 11.8 Å². The van der Waals surface area contributed by atoms with Crippen LogP contribution in [-0.4, -0.2) is 28.6 Å². The molecule has 1 N–H and O–H groups in total. The summed E-state index contributed by atoms with van der Waals surface area (Å²) in [6, 6.07) is 6.63. The van der Waals surface area contributed by atoms with Gasteiger partial charge in [0, 0.05) is 18.2 Å². The number of nitrogens with zero attached hydrogens (tertiary/aromatic N) is 2. The van der Waals surface area contributed by atoms with Crippen molar-refractivity contribution in [1.82, 2.24) is 4.90 Å². The molecule has 1 aliphatic carbocycles. The zero-order chi connectivity index (χ0) is 13.1. The molecule has 0 unspecified atom stereocenters. The van der Waals surface area contributed by atoms with Gasteiger partial charge in [-0.2, -0.15) is 5.26 Å². The number of benzene rings is 1. The van der Waals surface area contributed by atoms with Crippen molar-refractivity contribution in [3.05, 3.63) is 35.1 Å². The lowest BCUT2D eigenvalue weighted by Crippen LogP contribution is -2.31. The Morgan fingerprint density at radius 1 is 1.56 bits per heavy atom. The molecule has 0 aliphatic heterocycles. The molecule has 1 fully saturated rings. The van der Waals surface area contributed by atoms with E-state index in [-0.39, 0.29) is 24.7 Å². The first-order valence-corrected chi connectivity index (χ1v) is 5.75. The van der Waals surface area contributed by atoms with Gasteiger partial charge in [0.2, 0.25) is 0 Å². The minimum absolute atomic E-state index is 0.00132. The Hall–Kier alpha value is -1.93. The van der Waals surface area contributed by atoms with Crippen LogP contribution in [0.2, 0.25) is 0 Å². The highest BCUT2D eigenvalue weighted by Crippen LogP contribution is 2.28. The van der Waals surface area contributed by atoms with Crippen molar-refractivity contribution in [2.24, 2.45) is 0 Å². The fraction of sp³-hybridized carbons (Fsp3) is 0.385. The van der Waals surface area contributed by atoms with Gasteiger partial charge in [0.25, 0.3) is 0 Å². The maximum atomic E-state index is 13.9. The SMILES string of the molecule is N#Cc1cccc(CN(CC(=O)O)C2CC2)c1F. The molecule has 1 aromatic carbocycles. The van der Waals surface area contributed by atoms with Gasteiger partial charge in [-0.05, 0) is 18.9 Å². The van der Waals surface area contributed by atoms with Gasteiger partial charge in [0.1, 0.15) is 11.9 Å². The molecule has 4 nitrogen and oxygen atoms in total. The Morgan fingerprint density at radius 2 is 2.28 bits per heavy atom. The van der Waals surface area contributed by atoms with E-state index in [4.69, 9.17) is 10.4 Å². The molecule has 1 aliphatic rings. The quantitative estimate of drug-likeness (QED) is 0.862. The number of nitriles is 1. The highest BCUT2D eigenvalue weighted by Gasteiger charge is 2.30. The van der Waals surface area contributed by atoms with Crippen LogP contribution < -0.4 is 0 Å². The van der Waals surface area contributed by atoms with Gasteiger partial charge in [-0.3, -0.25) is 9.69 Å². The third-order valence-corrected chi connectivity index (χ3v) is 2.97. The second kappa shape index (κ2) is 5.15. The van der Waals surface area contributed by atoms with Gasteiger partial charge in [0.05, 0.1) is 12.1 Å². The van der Waals surface area contributed by atoms with E-state index in [1.54, 1.807) is 23.1 Å². The minimum Gasteiger partial charge on any atom is -0.480 e. The number of carboxylic acid groups (broad SMARTS) is 1. The maximum absolute atomic E-state index is 13.9. The molecule has 5 heteroatoms. The van der Waals surface area contributed by atoms with Crippen molar-refractivity contribution in [2.45, 2.75) is 25.4 Å². The highest BCUT2D eigenvalue weighted by molar-refractivity contribution is 5.69. The van der Waals surface area contributed by atoms with Crippen molar-refractivity contribution in [1.29, 1.82) is 5.26 Å². The first kappa shape index (κ1) is 12.5. The number of carboxylic acids is 1. The van der Waals surface area contributed by atoms with Crippen molar-refractivity contribution in [3.8, 4) is 6.07 Å². The summed E-state index contributed by atoms with van der Waals surface area (Å²) in [6.45, 7) is 0.138. The van der Waals surface area contributed by atoms with E-state index in [9.17, 15) is 9.18 Å². The smallest absolute Gasteiger partial charge is 0.317 e. The van der Waals surface area contributed by atoms with Gasteiger partial charge >= 0.3 is 5.97 Å². The van der Waals surface area contributed by atoms with E-state index in [2.05, 4.69) is 0 Å². The molecule has 1 aromatic rings. The lowest BCUT2D eigenvalue weighted by molar-refractivity contribution is -0.138. The predicted molar refractivity (Wildman–Crippen MR) is 62.2 cm³/mol. The Kier molecular flexibility index (Phi) is 3.58. The standard InChI is InChI=1S/C13H13FN2O2/c14-13-9(6-15)2-1-3-10(13)7-16(8-12(17)18)11-4-5-11/h1-3,11H,4-5,7-8H2,(H,17,18). The molecular formula is C13H13FN2O2. The third kappa shape index (κ3) is 2.84. The first-order valence-electron chi connectivity index (χ1n) is 5.75. The van der Waals surface area contributed by atoms with E-state index >= 15 is 0 Å². The second-order valence-electron chi connectivity index (χ2n) is 4.42. The van der Waals surface area contributed by atoms with Crippen LogP contribution >= 0.6 is 0 Å². The molecule has 94 valence electrons. The van der Waals surface area contributed by atoms with Gasteiger partial charge in [-0.1, -0.05) is 12.1 Å². The van der Waals surface area contributed by atoms with Crippen LogP contribution in [0.4, 0.5) is 4.39 Å². The number of aliphatic carboxylic acids is 1. The van der Waals surface area contributed by atoms with Gasteiger partial charge < -0.3 is 5.11 Å². The van der Waals surface area contributed by atoms with Crippen LogP contribution in [0, 0.1) is 17.1 Å². The molecule has 0 spiro atoms. The fourth-order valence-corrected chi connectivity index (χ4v) is 1.93. The Labute approximate surface area is 104 Å². The third-order valence-electron chi connectivity index (χ3n) is 2.97. The summed E-state index contributed by atoms with van der Waals surface area (Å²) in [5.74, 6) is -1.46. The van der Waals surface area contributed by atoms with Gasteiger partial charge in [-0.15, -0.1) is 0 Å². The molecular weight excluding hydrogens is 235 g/mol. The number of halogens is 1. The summed E-state index contributed by atoms with van der Waals surface area (Å²) in [6.07, 6.45) is 1.90. The van der Waals surface area contributed by atoms with Gasteiger partial charge in [0.15, 0.2) is 0 Å². The normalized spacial score (nSPS) is 14.5. The predicted octanol–water partition coefficient (Wildman–Crippen LogP) is 1.75. The first-order chi connectivity index (χ1) is 8.61. The summed E-state index contributed by atoms with van der Waals surface area (Å²) >= 11 is 0. The van der Waals surface area contributed by atoms with E-state index in [0.717, 1.165) is 12.8 Å². The molecule has 0 atom stereocenters. The van der Waals surface area contributed by atoms with Crippen LogP contribution in [0.15, 0.2) is 18.2 Å². The van der Waals surface area contributed by atoms with E-state index in [1.165, 1.54) is 6.07 Å². The second-order valence-corrected chi connectivity index (χ2v) is 4.42. The topological polar surface area (TPSA) is 64.3 Å². The Morgan fingerprint density at radius 3 is 2.83 bits per heavy atom. The Bertz CT molecular complexity index is 506. The largest absolute Gasteiger partial charge is 0.480 e. The molecule has 0 bridgehead atoms. The van der Waals surface area contributed by atoms with Crippen LogP contribution in [0.1, 0.15) is 24.0 Å². The zero-order valence-electron chi connectivity index (χ0n) is 9.77.